The van der Waals surface area contributed by atoms with Gasteiger partial charge < -0.3 is 10.2 Å². The molecular weight excluding hydrogens is 434 g/mol. The first-order chi connectivity index (χ1) is 13.8. The molecule has 0 atom stereocenters. The molecule has 2 amide bonds. The van der Waals surface area contributed by atoms with Crippen LogP contribution in [0.2, 0.25) is 10.0 Å². The van der Waals surface area contributed by atoms with Crippen molar-refractivity contribution in [3.8, 4) is 11.1 Å². The lowest BCUT2D eigenvalue weighted by molar-refractivity contribution is -0.120. The number of carbonyl (C=O) groups is 2. The Labute approximate surface area is 180 Å². The average Bonchev–Trinajstić information content (AvgIpc) is 3.20. The molecule has 2 aliphatic heterocycles. The second-order valence-corrected chi connectivity index (χ2v) is 9.41. The molecule has 2 aromatic carbocycles. The summed E-state index contributed by atoms with van der Waals surface area (Å²) in [7, 11) is 0. The molecule has 0 saturated carbocycles. The van der Waals surface area contributed by atoms with Gasteiger partial charge in [-0.1, -0.05) is 35.3 Å². The second kappa shape index (κ2) is 6.69. The zero-order valence-electron chi connectivity index (χ0n) is 15.1. The van der Waals surface area contributed by atoms with Gasteiger partial charge in [0.05, 0.1) is 15.6 Å². The maximum Gasteiger partial charge on any atom is 0.265 e. The van der Waals surface area contributed by atoms with E-state index in [-0.39, 0.29) is 17.4 Å². The van der Waals surface area contributed by atoms with Crippen molar-refractivity contribution in [2.45, 2.75) is 18.4 Å². The van der Waals surface area contributed by atoms with Crippen LogP contribution in [-0.4, -0.2) is 35.3 Å². The molecule has 0 aliphatic carbocycles. The fraction of sp³-hybridized carbons (Fsp3) is 0.238. The Morgan fingerprint density at radius 2 is 1.97 bits per heavy atom. The molecule has 3 aromatic rings. The molecule has 2 saturated heterocycles. The van der Waals surface area contributed by atoms with Gasteiger partial charge in [-0.3, -0.25) is 9.59 Å². The van der Waals surface area contributed by atoms with Gasteiger partial charge in [-0.25, -0.2) is 4.39 Å². The standard InChI is InChI=1S/C21H15Cl2FN2O2S/c22-15-8-12(24)2-4-13(15)11-1-3-14-16(7-11)29-19(18(14)23)20(28)26-9-21(10-26)6-5-17(27)25-21/h1-4,7-8H,5-6,9-10H2,(H,25,27). The zero-order valence-corrected chi connectivity index (χ0v) is 17.4. The van der Waals surface area contributed by atoms with E-state index in [1.807, 2.05) is 18.2 Å². The lowest BCUT2D eigenvalue weighted by Gasteiger charge is -2.47. The van der Waals surface area contributed by atoms with E-state index in [0.717, 1.165) is 22.1 Å². The van der Waals surface area contributed by atoms with Crippen LogP contribution in [0.5, 0.6) is 0 Å². The number of nitrogens with zero attached hydrogens (tertiary/aromatic N) is 1. The first-order valence-corrected chi connectivity index (χ1v) is 10.7. The van der Waals surface area contributed by atoms with E-state index < -0.39 is 5.82 Å². The van der Waals surface area contributed by atoms with Crippen LogP contribution < -0.4 is 5.32 Å². The van der Waals surface area contributed by atoms with Crippen LogP contribution in [0.3, 0.4) is 0 Å². The molecule has 1 aromatic heterocycles. The Hall–Kier alpha value is -2.15. The number of amides is 2. The maximum absolute atomic E-state index is 13.3. The van der Waals surface area contributed by atoms with Crippen molar-refractivity contribution in [2.24, 2.45) is 0 Å². The van der Waals surface area contributed by atoms with Crippen LogP contribution in [0, 0.1) is 5.82 Å². The summed E-state index contributed by atoms with van der Waals surface area (Å²) in [5.74, 6) is -0.467. The van der Waals surface area contributed by atoms with E-state index in [9.17, 15) is 14.0 Å². The van der Waals surface area contributed by atoms with Crippen LogP contribution in [0.25, 0.3) is 21.2 Å². The van der Waals surface area contributed by atoms with Gasteiger partial charge in [0.15, 0.2) is 0 Å². The van der Waals surface area contributed by atoms with Crippen molar-refractivity contribution in [3.05, 3.63) is 57.1 Å². The summed E-state index contributed by atoms with van der Waals surface area (Å²) in [6.45, 7) is 1.02. The van der Waals surface area contributed by atoms with Gasteiger partial charge in [-0.05, 0) is 36.2 Å². The minimum atomic E-state index is -0.391. The predicted octanol–water partition coefficient (Wildman–Crippen LogP) is 5.12. The van der Waals surface area contributed by atoms with Crippen LogP contribution >= 0.6 is 34.5 Å². The number of fused-ring (bicyclic) bond motifs is 1. The summed E-state index contributed by atoms with van der Waals surface area (Å²) in [5.41, 5.74) is 1.28. The van der Waals surface area contributed by atoms with E-state index in [1.165, 1.54) is 23.5 Å². The Morgan fingerprint density at radius 1 is 1.17 bits per heavy atom. The highest BCUT2D eigenvalue weighted by atomic mass is 35.5. The molecule has 3 heterocycles. The number of likely N-dealkylation sites (tertiary alicyclic amines) is 1. The number of benzene rings is 2. The van der Waals surface area contributed by atoms with Crippen LogP contribution in [0.1, 0.15) is 22.5 Å². The second-order valence-electron chi connectivity index (χ2n) is 7.57. The molecule has 4 nitrogen and oxygen atoms in total. The van der Waals surface area contributed by atoms with Gasteiger partial charge in [0.2, 0.25) is 5.91 Å². The molecular formula is C21H15Cl2FN2O2S. The number of carbonyl (C=O) groups excluding carboxylic acids is 2. The average molecular weight is 449 g/mol. The Kier molecular flexibility index (Phi) is 4.35. The minimum absolute atomic E-state index is 0.0453. The zero-order chi connectivity index (χ0) is 20.3. The normalized spacial score (nSPS) is 17.6. The topological polar surface area (TPSA) is 49.4 Å². The third-order valence-electron chi connectivity index (χ3n) is 5.58. The highest BCUT2D eigenvalue weighted by Crippen LogP contribution is 2.41. The number of hydrogen-bond donors (Lipinski definition) is 1. The Bertz CT molecular complexity index is 1190. The number of thiophene rings is 1. The van der Waals surface area contributed by atoms with E-state index in [4.69, 9.17) is 23.2 Å². The Morgan fingerprint density at radius 3 is 2.66 bits per heavy atom. The first-order valence-electron chi connectivity index (χ1n) is 9.13. The summed E-state index contributed by atoms with van der Waals surface area (Å²) in [5, 5.41) is 4.54. The third kappa shape index (κ3) is 3.10. The number of rotatable bonds is 2. The summed E-state index contributed by atoms with van der Waals surface area (Å²) in [6.07, 6.45) is 1.28. The Balaban J connectivity index is 1.44. The largest absolute Gasteiger partial charge is 0.347 e. The molecule has 1 spiro atoms. The lowest BCUT2D eigenvalue weighted by Crippen LogP contribution is -2.68. The molecule has 0 radical (unpaired) electrons. The van der Waals surface area contributed by atoms with E-state index in [0.29, 0.717) is 40.0 Å². The van der Waals surface area contributed by atoms with Gasteiger partial charge in [-0.15, -0.1) is 11.3 Å². The molecule has 148 valence electrons. The molecule has 0 unspecified atom stereocenters. The smallest absolute Gasteiger partial charge is 0.265 e. The number of hydrogen-bond acceptors (Lipinski definition) is 3. The lowest BCUT2D eigenvalue weighted by atomic mass is 9.88. The van der Waals surface area contributed by atoms with Crippen molar-refractivity contribution in [3.63, 3.8) is 0 Å². The van der Waals surface area contributed by atoms with Crippen molar-refractivity contribution in [1.29, 1.82) is 0 Å². The minimum Gasteiger partial charge on any atom is -0.347 e. The van der Waals surface area contributed by atoms with Gasteiger partial charge in [0, 0.05) is 35.2 Å². The summed E-state index contributed by atoms with van der Waals surface area (Å²) < 4.78 is 14.2. The molecule has 0 bridgehead atoms. The third-order valence-corrected chi connectivity index (χ3v) is 7.53. The summed E-state index contributed by atoms with van der Waals surface area (Å²) >= 11 is 14.0. The molecule has 8 heteroatoms. The summed E-state index contributed by atoms with van der Waals surface area (Å²) in [4.78, 5) is 26.7. The number of halogens is 3. The highest BCUT2D eigenvalue weighted by Gasteiger charge is 2.49. The van der Waals surface area contributed by atoms with Crippen molar-refractivity contribution >= 4 is 56.4 Å². The quantitative estimate of drug-likeness (QED) is 0.591. The van der Waals surface area contributed by atoms with E-state index in [1.54, 1.807) is 11.0 Å². The summed E-state index contributed by atoms with van der Waals surface area (Å²) in [6, 6.07) is 9.91. The fourth-order valence-corrected chi connectivity index (χ4v) is 5.87. The predicted molar refractivity (Wildman–Crippen MR) is 113 cm³/mol. The molecule has 2 aliphatic rings. The van der Waals surface area contributed by atoms with Crippen LogP contribution in [0.4, 0.5) is 4.39 Å². The highest BCUT2D eigenvalue weighted by molar-refractivity contribution is 7.21. The first kappa shape index (κ1) is 18.9. The van der Waals surface area contributed by atoms with E-state index >= 15 is 0 Å². The van der Waals surface area contributed by atoms with Gasteiger partial charge in [0.1, 0.15) is 10.7 Å². The van der Waals surface area contributed by atoms with Crippen molar-refractivity contribution < 1.29 is 14.0 Å². The fourth-order valence-electron chi connectivity index (χ4n) is 4.08. The van der Waals surface area contributed by atoms with Gasteiger partial charge in [-0.2, -0.15) is 0 Å². The van der Waals surface area contributed by atoms with Crippen LogP contribution in [-0.2, 0) is 4.79 Å². The molecule has 29 heavy (non-hydrogen) atoms. The SMILES string of the molecule is O=C1CCC2(CN(C(=O)c3sc4cc(-c5ccc(F)cc5Cl)ccc4c3Cl)C2)N1. The van der Waals surface area contributed by atoms with Crippen molar-refractivity contribution in [1.82, 2.24) is 10.2 Å². The molecule has 1 N–H and O–H groups in total. The van der Waals surface area contributed by atoms with E-state index in [2.05, 4.69) is 5.32 Å². The van der Waals surface area contributed by atoms with Crippen LogP contribution in [0.15, 0.2) is 36.4 Å². The van der Waals surface area contributed by atoms with Gasteiger partial charge >= 0.3 is 0 Å². The van der Waals surface area contributed by atoms with Gasteiger partial charge in [0.25, 0.3) is 5.91 Å². The number of nitrogens with one attached hydrogen (secondary N) is 1. The molecule has 2 fully saturated rings. The molecule has 5 rings (SSSR count). The monoisotopic (exact) mass is 448 g/mol. The maximum atomic E-state index is 13.3. The van der Waals surface area contributed by atoms with Crippen molar-refractivity contribution in [2.75, 3.05) is 13.1 Å².